The molecule has 0 aliphatic carbocycles. The Hall–Kier alpha value is -3.14. The summed E-state index contributed by atoms with van der Waals surface area (Å²) >= 11 is 0. The van der Waals surface area contributed by atoms with Gasteiger partial charge in [0.15, 0.2) is 0 Å². The van der Waals surface area contributed by atoms with Crippen LogP contribution in [0.1, 0.15) is 77.3 Å². The Bertz CT molecular complexity index is 1130. The predicted molar refractivity (Wildman–Crippen MR) is 150 cm³/mol. The van der Waals surface area contributed by atoms with Gasteiger partial charge in [0.1, 0.15) is 11.7 Å². The molecule has 3 rings (SSSR count). The van der Waals surface area contributed by atoms with Crippen LogP contribution in [0.2, 0.25) is 0 Å². The minimum Gasteiger partial charge on any atom is -0.387 e. The average molecular weight is 474 g/mol. The van der Waals surface area contributed by atoms with Crippen molar-refractivity contribution in [1.29, 1.82) is 0 Å². The van der Waals surface area contributed by atoms with Crippen LogP contribution in [-0.2, 0) is 0 Å². The fraction of sp³-hybridized carbons (Fsp3) is 0.387. The molecule has 0 saturated carbocycles. The summed E-state index contributed by atoms with van der Waals surface area (Å²) in [4.78, 5) is 7.22. The van der Waals surface area contributed by atoms with Crippen LogP contribution in [0.25, 0.3) is 22.8 Å². The molecule has 0 spiro atoms. The van der Waals surface area contributed by atoms with Crippen molar-refractivity contribution >= 4 is 23.2 Å². The van der Waals surface area contributed by atoms with E-state index in [4.69, 9.17) is 10.7 Å². The van der Waals surface area contributed by atoms with Crippen LogP contribution in [0.4, 0.5) is 10.1 Å². The highest BCUT2D eigenvalue weighted by Crippen LogP contribution is 2.35. The van der Waals surface area contributed by atoms with Crippen LogP contribution in [0.15, 0.2) is 65.3 Å². The van der Waals surface area contributed by atoms with E-state index in [1.54, 1.807) is 6.07 Å². The number of benzene rings is 2. The second-order valence-electron chi connectivity index (χ2n) is 9.26. The summed E-state index contributed by atoms with van der Waals surface area (Å²) in [6, 6.07) is 11.5. The lowest BCUT2D eigenvalue weighted by Crippen LogP contribution is -2.27. The highest BCUT2D eigenvalue weighted by molar-refractivity contribution is 5.92. The first-order chi connectivity index (χ1) is 16.9. The van der Waals surface area contributed by atoms with Crippen molar-refractivity contribution in [2.45, 2.75) is 66.2 Å². The minimum absolute atomic E-state index is 0.234. The molecule has 0 unspecified atom stereocenters. The summed E-state index contributed by atoms with van der Waals surface area (Å²) in [5.41, 5.74) is 13.9. The lowest BCUT2D eigenvalue weighted by Gasteiger charge is -2.28. The second kappa shape index (κ2) is 12.5. The zero-order valence-corrected chi connectivity index (χ0v) is 21.8. The maximum Gasteiger partial charge on any atom is 0.131 e. The van der Waals surface area contributed by atoms with Gasteiger partial charge in [-0.2, -0.15) is 0 Å². The smallest absolute Gasteiger partial charge is 0.131 e. The Labute approximate surface area is 211 Å². The van der Waals surface area contributed by atoms with Crippen LogP contribution in [0, 0.1) is 5.82 Å². The highest BCUT2D eigenvalue weighted by Gasteiger charge is 2.18. The van der Waals surface area contributed by atoms with Crippen molar-refractivity contribution in [3.05, 3.63) is 77.3 Å². The van der Waals surface area contributed by atoms with Crippen molar-refractivity contribution in [2.75, 3.05) is 13.1 Å². The average Bonchev–Trinajstić information content (AvgIpc) is 2.99. The predicted octanol–water partition coefficient (Wildman–Crippen LogP) is 8.50. The van der Waals surface area contributed by atoms with Crippen LogP contribution in [0.3, 0.4) is 0 Å². The van der Waals surface area contributed by atoms with E-state index in [1.807, 2.05) is 24.3 Å². The van der Waals surface area contributed by atoms with E-state index in [-0.39, 0.29) is 5.82 Å². The first-order valence-electron chi connectivity index (χ1n) is 13.0. The van der Waals surface area contributed by atoms with Gasteiger partial charge in [0.2, 0.25) is 0 Å². The van der Waals surface area contributed by atoms with Crippen molar-refractivity contribution in [2.24, 2.45) is 10.7 Å². The number of aliphatic imine (C=N–C) groups is 1. The summed E-state index contributed by atoms with van der Waals surface area (Å²) in [5.74, 6) is 0.363. The highest BCUT2D eigenvalue weighted by atomic mass is 19.1. The van der Waals surface area contributed by atoms with E-state index < -0.39 is 0 Å². The van der Waals surface area contributed by atoms with E-state index in [0.29, 0.717) is 17.8 Å². The van der Waals surface area contributed by atoms with E-state index in [0.717, 1.165) is 73.1 Å². The van der Waals surface area contributed by atoms with Gasteiger partial charge >= 0.3 is 0 Å². The van der Waals surface area contributed by atoms with Crippen LogP contribution >= 0.6 is 0 Å². The zero-order valence-electron chi connectivity index (χ0n) is 21.8. The number of hydrogen-bond acceptors (Lipinski definition) is 3. The Morgan fingerprint density at radius 2 is 1.71 bits per heavy atom. The lowest BCUT2D eigenvalue weighted by molar-refractivity contribution is 0.349. The number of amidine groups is 1. The molecule has 2 aromatic rings. The van der Waals surface area contributed by atoms with Gasteiger partial charge in [-0.05, 0) is 66.2 Å². The van der Waals surface area contributed by atoms with E-state index in [2.05, 4.69) is 57.4 Å². The van der Waals surface area contributed by atoms with Gasteiger partial charge < -0.3 is 10.6 Å². The van der Waals surface area contributed by atoms with Crippen LogP contribution in [0.5, 0.6) is 0 Å². The minimum atomic E-state index is -0.234. The molecule has 0 fully saturated rings. The van der Waals surface area contributed by atoms with Gasteiger partial charge in [0.25, 0.3) is 0 Å². The molecule has 0 saturated heterocycles. The van der Waals surface area contributed by atoms with E-state index >= 15 is 0 Å². The molecule has 186 valence electrons. The normalized spacial score (nSPS) is 13.6. The van der Waals surface area contributed by atoms with Crippen LogP contribution < -0.4 is 5.73 Å². The topological polar surface area (TPSA) is 41.6 Å². The molecule has 1 heterocycles. The van der Waals surface area contributed by atoms with Crippen molar-refractivity contribution in [3.8, 4) is 11.1 Å². The quantitative estimate of drug-likeness (QED) is 0.355. The molecule has 4 heteroatoms. The standard InChI is InChI=1S/C31H40FN3/c1-6-10-22(5)27-15-14-23(19-28(27)32)24-12-13-25-18-26(21-31(33)34-29(25)20-24)30(11-7-2)35(16-8-3)17-9-4/h11-15,18-20H,5-10,16-17,21H2,1-4H3,(H2,33,34). The SMILES string of the molecule is C=C(CCC)c1ccc(-c2ccc3c(c2)N=C(N)CC(C(=CCC)N(CCC)CCC)=C3)cc1F. The molecular weight excluding hydrogens is 433 g/mol. The Balaban J connectivity index is 2.00. The molecule has 1 aliphatic rings. The summed E-state index contributed by atoms with van der Waals surface area (Å²) in [5, 5.41) is 0. The molecule has 35 heavy (non-hydrogen) atoms. The molecule has 0 aromatic heterocycles. The molecule has 0 amide bonds. The number of rotatable bonds is 11. The molecule has 1 aliphatic heterocycles. The number of nitrogens with two attached hydrogens (primary N) is 1. The maximum atomic E-state index is 14.9. The summed E-state index contributed by atoms with van der Waals surface area (Å²) < 4.78 is 14.9. The number of halogens is 1. The molecule has 0 radical (unpaired) electrons. The summed E-state index contributed by atoms with van der Waals surface area (Å²) in [7, 11) is 0. The monoisotopic (exact) mass is 473 g/mol. The fourth-order valence-corrected chi connectivity index (χ4v) is 4.70. The van der Waals surface area contributed by atoms with Gasteiger partial charge in [-0.1, -0.05) is 71.0 Å². The molecule has 0 bridgehead atoms. The molecule has 2 aromatic carbocycles. The van der Waals surface area contributed by atoms with Gasteiger partial charge in [-0.15, -0.1) is 0 Å². The largest absolute Gasteiger partial charge is 0.387 e. The van der Waals surface area contributed by atoms with E-state index in [1.165, 1.54) is 11.3 Å². The third-order valence-corrected chi connectivity index (χ3v) is 6.29. The van der Waals surface area contributed by atoms with Crippen molar-refractivity contribution < 1.29 is 4.39 Å². The van der Waals surface area contributed by atoms with Crippen molar-refractivity contribution in [1.82, 2.24) is 4.90 Å². The van der Waals surface area contributed by atoms with Gasteiger partial charge in [-0.25, -0.2) is 9.38 Å². The second-order valence-corrected chi connectivity index (χ2v) is 9.26. The lowest BCUT2D eigenvalue weighted by atomic mass is 9.96. The fourth-order valence-electron chi connectivity index (χ4n) is 4.70. The van der Waals surface area contributed by atoms with Gasteiger partial charge in [0.05, 0.1) is 5.69 Å². The summed E-state index contributed by atoms with van der Waals surface area (Å²) in [6.45, 7) is 14.8. The molecule has 3 nitrogen and oxygen atoms in total. The molecule has 0 atom stereocenters. The number of fused-ring (bicyclic) bond motifs is 1. The van der Waals surface area contributed by atoms with Crippen LogP contribution in [-0.4, -0.2) is 23.8 Å². The number of nitrogens with zero attached hydrogens (tertiary/aromatic N) is 2. The first-order valence-corrected chi connectivity index (χ1v) is 13.0. The zero-order chi connectivity index (χ0) is 25.4. The maximum absolute atomic E-state index is 14.9. The Kier molecular flexibility index (Phi) is 9.47. The van der Waals surface area contributed by atoms with Crippen molar-refractivity contribution in [3.63, 3.8) is 0 Å². The third kappa shape index (κ3) is 6.50. The van der Waals surface area contributed by atoms with Gasteiger partial charge in [-0.3, -0.25) is 0 Å². The Morgan fingerprint density at radius 3 is 2.34 bits per heavy atom. The Morgan fingerprint density at radius 1 is 1.03 bits per heavy atom. The molecule has 2 N–H and O–H groups in total. The number of allylic oxidation sites excluding steroid dienone is 3. The molecular formula is C31H40FN3. The first kappa shape index (κ1) is 26.5. The third-order valence-electron chi connectivity index (χ3n) is 6.29. The summed E-state index contributed by atoms with van der Waals surface area (Å²) in [6.07, 6.45) is 10.0. The number of hydrogen-bond donors (Lipinski definition) is 1. The van der Waals surface area contributed by atoms with Gasteiger partial charge in [0, 0.05) is 36.3 Å². The van der Waals surface area contributed by atoms with E-state index in [9.17, 15) is 4.39 Å².